The smallest absolute Gasteiger partial charge is 0.450 e. The summed E-state index contributed by atoms with van der Waals surface area (Å²) in [5.74, 6) is -0.722. The molecule has 0 atom stereocenters. The van der Waals surface area contributed by atoms with Gasteiger partial charge in [0.1, 0.15) is 5.76 Å². The predicted molar refractivity (Wildman–Crippen MR) is 68.5 cm³/mol. The number of benzene rings is 1. The lowest BCUT2D eigenvalue weighted by Gasteiger charge is -2.03. The molecule has 0 amide bonds. The van der Waals surface area contributed by atoms with Crippen molar-refractivity contribution in [2.75, 3.05) is 0 Å². The van der Waals surface area contributed by atoms with Crippen molar-refractivity contribution in [3.05, 3.63) is 53.8 Å². The fourth-order valence-electron chi connectivity index (χ4n) is 1.74. The lowest BCUT2D eigenvalue weighted by atomic mass is 10.1. The number of furan rings is 1. The van der Waals surface area contributed by atoms with Crippen LogP contribution in [0.5, 0.6) is 0 Å². The fourth-order valence-corrected chi connectivity index (χ4v) is 1.74. The van der Waals surface area contributed by atoms with Gasteiger partial charge in [0, 0.05) is 11.1 Å². The van der Waals surface area contributed by atoms with E-state index in [-0.39, 0.29) is 11.3 Å². The molecule has 0 spiro atoms. The van der Waals surface area contributed by atoms with Crippen LogP contribution >= 0.6 is 0 Å². The van der Waals surface area contributed by atoms with Crippen LogP contribution in [0.3, 0.4) is 0 Å². The molecule has 19 heavy (non-hydrogen) atoms. The Morgan fingerprint density at radius 2 is 1.84 bits per heavy atom. The van der Waals surface area contributed by atoms with Gasteiger partial charge in [0.25, 0.3) is 0 Å². The van der Waals surface area contributed by atoms with Gasteiger partial charge < -0.3 is 4.42 Å². The number of alkyl halides is 3. The van der Waals surface area contributed by atoms with Crippen LogP contribution in [0.1, 0.15) is 24.7 Å². The van der Waals surface area contributed by atoms with E-state index in [1.807, 2.05) is 6.92 Å². The first-order chi connectivity index (χ1) is 9.02. The Morgan fingerprint density at radius 3 is 2.42 bits per heavy atom. The highest BCUT2D eigenvalue weighted by Gasteiger charge is 2.37. The van der Waals surface area contributed by atoms with Crippen molar-refractivity contribution in [2.24, 2.45) is 0 Å². The van der Waals surface area contributed by atoms with Crippen LogP contribution in [0.2, 0.25) is 0 Å². The highest BCUT2D eigenvalue weighted by Crippen LogP contribution is 2.37. The Bertz CT molecular complexity index is 565. The van der Waals surface area contributed by atoms with Crippen LogP contribution in [0.4, 0.5) is 13.2 Å². The number of halogens is 3. The van der Waals surface area contributed by atoms with Crippen molar-refractivity contribution >= 4 is 6.08 Å². The molecule has 0 aliphatic heterocycles. The van der Waals surface area contributed by atoms with E-state index < -0.39 is 11.9 Å². The Morgan fingerprint density at radius 1 is 1.16 bits per heavy atom. The zero-order valence-corrected chi connectivity index (χ0v) is 10.4. The minimum absolute atomic E-state index is 0.0632. The van der Waals surface area contributed by atoms with Gasteiger partial charge in [0.05, 0.1) is 0 Å². The first-order valence-corrected chi connectivity index (χ1v) is 5.95. The zero-order chi connectivity index (χ0) is 13.9. The molecular weight excluding hydrogens is 253 g/mol. The molecule has 0 fully saturated rings. The van der Waals surface area contributed by atoms with Gasteiger partial charge in [-0.05, 0) is 12.5 Å². The average molecular weight is 266 g/mol. The molecule has 100 valence electrons. The van der Waals surface area contributed by atoms with Crippen molar-refractivity contribution in [3.8, 4) is 11.3 Å². The lowest BCUT2D eigenvalue weighted by Crippen LogP contribution is -2.04. The Hall–Kier alpha value is -1.97. The van der Waals surface area contributed by atoms with Gasteiger partial charge in [-0.2, -0.15) is 13.2 Å². The summed E-state index contributed by atoms with van der Waals surface area (Å²) >= 11 is 0. The largest absolute Gasteiger partial charge is 0.451 e. The summed E-state index contributed by atoms with van der Waals surface area (Å²) < 4.78 is 43.6. The summed E-state index contributed by atoms with van der Waals surface area (Å²) in [4.78, 5) is 0. The van der Waals surface area contributed by atoms with Crippen LogP contribution < -0.4 is 0 Å². The second kappa shape index (κ2) is 5.34. The summed E-state index contributed by atoms with van der Waals surface area (Å²) in [5.41, 5.74) is 0.692. The summed E-state index contributed by atoms with van der Waals surface area (Å²) in [5, 5.41) is 0. The topological polar surface area (TPSA) is 13.1 Å². The fraction of sp³-hybridized carbons (Fsp3) is 0.200. The van der Waals surface area contributed by atoms with Crippen molar-refractivity contribution in [2.45, 2.75) is 19.5 Å². The maximum absolute atomic E-state index is 12.9. The van der Waals surface area contributed by atoms with E-state index in [9.17, 15) is 13.2 Å². The van der Waals surface area contributed by atoms with E-state index >= 15 is 0 Å². The Balaban J connectivity index is 2.49. The molecule has 1 aromatic carbocycles. The third-order valence-corrected chi connectivity index (χ3v) is 2.61. The molecule has 2 aromatic rings. The van der Waals surface area contributed by atoms with E-state index in [0.29, 0.717) is 12.0 Å². The molecule has 0 saturated heterocycles. The number of rotatable bonds is 3. The third-order valence-electron chi connectivity index (χ3n) is 2.61. The molecule has 0 N–H and O–H groups in total. The molecule has 0 bridgehead atoms. The lowest BCUT2D eigenvalue weighted by molar-refractivity contribution is -0.152. The van der Waals surface area contributed by atoms with Gasteiger partial charge in [-0.1, -0.05) is 49.4 Å². The van der Waals surface area contributed by atoms with Crippen molar-refractivity contribution in [3.63, 3.8) is 0 Å². The van der Waals surface area contributed by atoms with Crippen molar-refractivity contribution in [1.29, 1.82) is 0 Å². The molecule has 1 heterocycles. The minimum Gasteiger partial charge on any atom is -0.451 e. The number of allylic oxidation sites excluding steroid dienone is 1. The molecule has 1 aromatic heterocycles. The molecule has 1 nitrogen and oxygen atoms in total. The van der Waals surface area contributed by atoms with Crippen molar-refractivity contribution in [1.82, 2.24) is 0 Å². The summed E-state index contributed by atoms with van der Waals surface area (Å²) in [6, 6.07) is 10.2. The van der Waals surface area contributed by atoms with Gasteiger partial charge in [0.2, 0.25) is 5.76 Å². The summed E-state index contributed by atoms with van der Waals surface area (Å²) in [7, 11) is 0. The van der Waals surface area contributed by atoms with Gasteiger partial charge in [-0.15, -0.1) is 0 Å². The average Bonchev–Trinajstić information content (AvgIpc) is 2.81. The van der Waals surface area contributed by atoms with E-state index in [0.717, 1.165) is 0 Å². The van der Waals surface area contributed by atoms with Crippen molar-refractivity contribution < 1.29 is 17.6 Å². The molecule has 0 aliphatic carbocycles. The molecule has 4 heteroatoms. The first-order valence-electron chi connectivity index (χ1n) is 5.95. The second-order valence-electron chi connectivity index (χ2n) is 4.07. The summed E-state index contributed by atoms with van der Waals surface area (Å²) in [6.07, 6.45) is -0.697. The maximum atomic E-state index is 12.9. The van der Waals surface area contributed by atoms with Gasteiger partial charge in [-0.3, -0.25) is 0 Å². The molecule has 0 saturated carbocycles. The number of hydrogen-bond donors (Lipinski definition) is 0. The van der Waals surface area contributed by atoms with Crippen LogP contribution in [0, 0.1) is 0 Å². The quantitative estimate of drug-likeness (QED) is 0.726. The van der Waals surface area contributed by atoms with Crippen LogP contribution in [0.15, 0.2) is 46.9 Å². The molecule has 0 unspecified atom stereocenters. The maximum Gasteiger partial charge on any atom is 0.450 e. The third kappa shape index (κ3) is 3.08. The van der Waals surface area contributed by atoms with E-state index in [1.165, 1.54) is 12.1 Å². The molecule has 0 radical (unpaired) electrons. The summed E-state index contributed by atoms with van der Waals surface area (Å²) in [6.45, 7) is 1.86. The Labute approximate surface area is 109 Å². The number of hydrogen-bond acceptors (Lipinski definition) is 1. The minimum atomic E-state index is -4.49. The molecular formula is C15H13F3O. The second-order valence-corrected chi connectivity index (χ2v) is 4.07. The van der Waals surface area contributed by atoms with Gasteiger partial charge in [0.15, 0.2) is 0 Å². The zero-order valence-electron chi connectivity index (χ0n) is 10.4. The monoisotopic (exact) mass is 266 g/mol. The predicted octanol–water partition coefficient (Wildman–Crippen LogP) is 5.39. The van der Waals surface area contributed by atoms with Gasteiger partial charge >= 0.3 is 6.18 Å². The van der Waals surface area contributed by atoms with E-state index in [2.05, 4.69) is 0 Å². The van der Waals surface area contributed by atoms with E-state index in [1.54, 1.807) is 36.4 Å². The molecule has 0 aliphatic rings. The van der Waals surface area contributed by atoms with Gasteiger partial charge in [-0.25, -0.2) is 0 Å². The highest BCUT2D eigenvalue weighted by molar-refractivity contribution is 5.64. The SMILES string of the molecule is CC/C=C/c1cc(-c2ccccc2)oc1C(F)(F)F. The first kappa shape index (κ1) is 13.5. The van der Waals surface area contributed by atoms with Crippen LogP contribution in [-0.2, 0) is 6.18 Å². The standard InChI is InChI=1S/C15H13F3O/c1-2-3-7-12-10-13(11-8-5-4-6-9-11)19-14(12)15(16,17)18/h3-10H,2H2,1H3/b7-3+. The van der Waals surface area contributed by atoms with E-state index in [4.69, 9.17) is 4.42 Å². The Kier molecular flexibility index (Phi) is 3.79. The van der Waals surface area contributed by atoms with Crippen LogP contribution in [-0.4, -0.2) is 0 Å². The molecule has 2 rings (SSSR count). The van der Waals surface area contributed by atoms with Crippen LogP contribution in [0.25, 0.3) is 17.4 Å². The normalized spacial score (nSPS) is 12.2. The highest BCUT2D eigenvalue weighted by atomic mass is 19.4.